The summed E-state index contributed by atoms with van der Waals surface area (Å²) in [6.45, 7) is 5.43. The van der Waals surface area contributed by atoms with Crippen LogP contribution in [0.1, 0.15) is 12.6 Å². The van der Waals surface area contributed by atoms with Gasteiger partial charge in [-0.15, -0.1) is 0 Å². The van der Waals surface area contributed by atoms with Crippen molar-refractivity contribution in [1.29, 1.82) is 0 Å². The van der Waals surface area contributed by atoms with Crippen molar-refractivity contribution >= 4 is 10.9 Å². The molecular weight excluding hydrogens is 250 g/mol. The van der Waals surface area contributed by atoms with E-state index in [0.717, 1.165) is 37.5 Å². The molecule has 0 saturated carbocycles. The summed E-state index contributed by atoms with van der Waals surface area (Å²) in [5.41, 5.74) is 8.09. The molecule has 106 valence electrons. The first-order valence-corrected chi connectivity index (χ1v) is 7.16. The summed E-state index contributed by atoms with van der Waals surface area (Å²) >= 11 is 0. The van der Waals surface area contributed by atoms with Crippen LogP contribution in [-0.4, -0.2) is 41.7 Å². The van der Waals surface area contributed by atoms with E-state index in [1.807, 2.05) is 19.1 Å². The molecule has 1 aliphatic heterocycles. The standard InChI is InChI=1S/C16H21N3O/c1-12(17)16-11-19(8-9-20-16)10-14-7-6-13-4-2-3-5-15(13)18-14/h2-7,12,16H,8-11,17H2,1H3. The highest BCUT2D eigenvalue weighted by atomic mass is 16.5. The van der Waals surface area contributed by atoms with Gasteiger partial charge in [-0.2, -0.15) is 0 Å². The first-order valence-electron chi connectivity index (χ1n) is 7.16. The summed E-state index contributed by atoms with van der Waals surface area (Å²) < 4.78 is 5.69. The smallest absolute Gasteiger partial charge is 0.0850 e. The summed E-state index contributed by atoms with van der Waals surface area (Å²) in [6.07, 6.45) is 0.129. The molecule has 2 unspecified atom stereocenters. The van der Waals surface area contributed by atoms with Gasteiger partial charge in [0, 0.05) is 31.1 Å². The molecule has 1 aromatic heterocycles. The van der Waals surface area contributed by atoms with Crippen LogP contribution in [0, 0.1) is 0 Å². The number of hydrogen-bond donors (Lipinski definition) is 1. The van der Waals surface area contributed by atoms with Crippen molar-refractivity contribution in [3.05, 3.63) is 42.1 Å². The molecule has 0 bridgehead atoms. The second-order valence-electron chi connectivity index (χ2n) is 5.50. The number of benzene rings is 1. The Balaban J connectivity index is 1.72. The lowest BCUT2D eigenvalue weighted by molar-refractivity contribution is -0.0406. The Morgan fingerprint density at radius 3 is 3.05 bits per heavy atom. The van der Waals surface area contributed by atoms with Crippen molar-refractivity contribution in [2.75, 3.05) is 19.7 Å². The molecule has 1 aliphatic rings. The molecule has 0 amide bonds. The number of aromatic nitrogens is 1. The number of rotatable bonds is 3. The van der Waals surface area contributed by atoms with Crippen LogP contribution >= 0.6 is 0 Å². The van der Waals surface area contributed by atoms with Gasteiger partial charge < -0.3 is 10.5 Å². The number of nitrogens with two attached hydrogens (primary N) is 1. The maximum absolute atomic E-state index is 5.93. The van der Waals surface area contributed by atoms with Gasteiger partial charge in [0.25, 0.3) is 0 Å². The van der Waals surface area contributed by atoms with Crippen LogP contribution in [-0.2, 0) is 11.3 Å². The molecule has 3 rings (SSSR count). The normalized spacial score (nSPS) is 22.0. The summed E-state index contributed by atoms with van der Waals surface area (Å²) in [5.74, 6) is 0. The SMILES string of the molecule is CC(N)C1CN(Cc2ccc3ccccc3n2)CCO1. The predicted octanol–water partition coefficient (Wildman–Crippen LogP) is 1.78. The van der Waals surface area contributed by atoms with E-state index >= 15 is 0 Å². The Labute approximate surface area is 119 Å². The van der Waals surface area contributed by atoms with Crippen LogP contribution in [0.2, 0.25) is 0 Å². The minimum absolute atomic E-state index is 0.0716. The van der Waals surface area contributed by atoms with E-state index in [0.29, 0.717) is 0 Å². The van der Waals surface area contributed by atoms with Gasteiger partial charge in [0.15, 0.2) is 0 Å². The van der Waals surface area contributed by atoms with Crippen molar-refractivity contribution in [3.63, 3.8) is 0 Å². The average molecular weight is 271 g/mol. The second-order valence-corrected chi connectivity index (χ2v) is 5.50. The van der Waals surface area contributed by atoms with E-state index in [1.54, 1.807) is 0 Å². The minimum Gasteiger partial charge on any atom is -0.374 e. The fourth-order valence-electron chi connectivity index (χ4n) is 2.62. The van der Waals surface area contributed by atoms with Crippen LogP contribution in [0.3, 0.4) is 0 Å². The number of nitrogens with zero attached hydrogens (tertiary/aromatic N) is 2. The van der Waals surface area contributed by atoms with Crippen LogP contribution in [0.5, 0.6) is 0 Å². The molecule has 1 aromatic carbocycles. The summed E-state index contributed by atoms with van der Waals surface area (Å²) in [6, 6.07) is 12.5. The third-order valence-electron chi connectivity index (χ3n) is 3.81. The van der Waals surface area contributed by atoms with Gasteiger partial charge in [-0.1, -0.05) is 24.3 Å². The second kappa shape index (κ2) is 5.87. The van der Waals surface area contributed by atoms with Crippen molar-refractivity contribution in [2.45, 2.75) is 25.6 Å². The molecule has 20 heavy (non-hydrogen) atoms. The van der Waals surface area contributed by atoms with E-state index in [1.165, 1.54) is 5.39 Å². The number of para-hydroxylation sites is 1. The highest BCUT2D eigenvalue weighted by molar-refractivity contribution is 5.78. The van der Waals surface area contributed by atoms with Crippen LogP contribution in [0.15, 0.2) is 36.4 Å². The number of hydrogen-bond acceptors (Lipinski definition) is 4. The van der Waals surface area contributed by atoms with E-state index in [9.17, 15) is 0 Å². The van der Waals surface area contributed by atoms with E-state index in [4.69, 9.17) is 15.5 Å². The summed E-state index contributed by atoms with van der Waals surface area (Å²) in [5, 5.41) is 1.19. The number of fused-ring (bicyclic) bond motifs is 1. The topological polar surface area (TPSA) is 51.4 Å². The first-order chi connectivity index (χ1) is 9.72. The van der Waals surface area contributed by atoms with Crippen LogP contribution in [0.25, 0.3) is 10.9 Å². The molecule has 0 spiro atoms. The van der Waals surface area contributed by atoms with Gasteiger partial charge in [-0.25, -0.2) is 0 Å². The quantitative estimate of drug-likeness (QED) is 0.924. The van der Waals surface area contributed by atoms with Crippen molar-refractivity contribution in [1.82, 2.24) is 9.88 Å². The number of morpholine rings is 1. The molecule has 2 heterocycles. The fourth-order valence-corrected chi connectivity index (χ4v) is 2.62. The molecule has 4 nitrogen and oxygen atoms in total. The van der Waals surface area contributed by atoms with Gasteiger partial charge in [0.1, 0.15) is 0 Å². The maximum atomic E-state index is 5.93. The molecule has 2 atom stereocenters. The number of ether oxygens (including phenoxy) is 1. The first kappa shape index (κ1) is 13.5. The molecular formula is C16H21N3O. The van der Waals surface area contributed by atoms with Crippen molar-refractivity contribution in [3.8, 4) is 0 Å². The fraction of sp³-hybridized carbons (Fsp3) is 0.438. The summed E-state index contributed by atoms with van der Waals surface area (Å²) in [4.78, 5) is 7.10. The van der Waals surface area contributed by atoms with Gasteiger partial charge in [0.2, 0.25) is 0 Å². The van der Waals surface area contributed by atoms with E-state index < -0.39 is 0 Å². The monoisotopic (exact) mass is 271 g/mol. The summed E-state index contributed by atoms with van der Waals surface area (Å²) in [7, 11) is 0. The Kier molecular flexibility index (Phi) is 3.96. The maximum Gasteiger partial charge on any atom is 0.0850 e. The van der Waals surface area contributed by atoms with Crippen LogP contribution in [0.4, 0.5) is 0 Å². The predicted molar refractivity (Wildman–Crippen MR) is 80.4 cm³/mol. The molecule has 1 saturated heterocycles. The molecule has 2 N–H and O–H groups in total. The minimum atomic E-state index is 0.0716. The Morgan fingerprint density at radius 2 is 2.20 bits per heavy atom. The Hall–Kier alpha value is -1.49. The van der Waals surface area contributed by atoms with Crippen molar-refractivity contribution in [2.24, 2.45) is 5.73 Å². The molecule has 0 aliphatic carbocycles. The largest absolute Gasteiger partial charge is 0.374 e. The molecule has 1 fully saturated rings. The lowest BCUT2D eigenvalue weighted by Gasteiger charge is -2.34. The highest BCUT2D eigenvalue weighted by Gasteiger charge is 2.23. The average Bonchev–Trinajstić information content (AvgIpc) is 2.47. The lowest BCUT2D eigenvalue weighted by atomic mass is 10.1. The number of pyridine rings is 1. The van der Waals surface area contributed by atoms with Gasteiger partial charge >= 0.3 is 0 Å². The lowest BCUT2D eigenvalue weighted by Crippen LogP contribution is -2.49. The van der Waals surface area contributed by atoms with Gasteiger partial charge in [-0.05, 0) is 19.1 Å². The van der Waals surface area contributed by atoms with Gasteiger partial charge in [0.05, 0.1) is 23.9 Å². The zero-order valence-corrected chi connectivity index (χ0v) is 11.8. The zero-order valence-electron chi connectivity index (χ0n) is 11.8. The Morgan fingerprint density at radius 1 is 1.35 bits per heavy atom. The third-order valence-corrected chi connectivity index (χ3v) is 3.81. The van der Waals surface area contributed by atoms with Crippen molar-refractivity contribution < 1.29 is 4.74 Å². The van der Waals surface area contributed by atoms with Gasteiger partial charge in [-0.3, -0.25) is 9.88 Å². The Bertz CT molecular complexity index is 585. The zero-order chi connectivity index (χ0) is 13.9. The molecule has 2 aromatic rings. The highest BCUT2D eigenvalue weighted by Crippen LogP contribution is 2.15. The third kappa shape index (κ3) is 2.98. The molecule has 0 radical (unpaired) electrons. The van der Waals surface area contributed by atoms with E-state index in [-0.39, 0.29) is 12.1 Å². The van der Waals surface area contributed by atoms with E-state index in [2.05, 4.69) is 29.2 Å². The van der Waals surface area contributed by atoms with Crippen LogP contribution < -0.4 is 5.73 Å². The molecule has 4 heteroatoms.